The maximum atomic E-state index is 11.6. The Morgan fingerprint density at radius 1 is 1.15 bits per heavy atom. The van der Waals surface area contributed by atoms with Crippen LogP contribution in [-0.2, 0) is 16.3 Å². The molecule has 5 nitrogen and oxygen atoms in total. The van der Waals surface area contributed by atoms with Gasteiger partial charge < -0.3 is 9.26 Å². The molecule has 0 unspecified atom stereocenters. The standard InChI is InChI=1S/C19H18ClNO4S/c1-12-19(14-5-7-15(8-6-14)26(3,22)23)17(21-25-12)11-13-4-9-18(24-2)16(20)10-13/h4-10H,11H2,1-3H3. The highest BCUT2D eigenvalue weighted by atomic mass is 35.5. The molecule has 0 saturated heterocycles. The lowest BCUT2D eigenvalue weighted by atomic mass is 9.99. The van der Waals surface area contributed by atoms with Crippen LogP contribution in [0.5, 0.6) is 5.75 Å². The van der Waals surface area contributed by atoms with Crippen LogP contribution in [0.2, 0.25) is 5.02 Å². The van der Waals surface area contributed by atoms with E-state index in [1.165, 1.54) is 6.26 Å². The summed E-state index contributed by atoms with van der Waals surface area (Å²) in [6.45, 7) is 1.83. The first-order chi connectivity index (χ1) is 12.3. The van der Waals surface area contributed by atoms with E-state index in [0.29, 0.717) is 23.0 Å². The zero-order chi connectivity index (χ0) is 18.9. The second-order valence-corrected chi connectivity index (χ2v) is 8.43. The molecule has 7 heteroatoms. The molecular formula is C19H18ClNO4S. The number of hydrogen-bond donors (Lipinski definition) is 0. The van der Waals surface area contributed by atoms with E-state index in [2.05, 4.69) is 5.16 Å². The Morgan fingerprint density at radius 3 is 2.42 bits per heavy atom. The predicted octanol–water partition coefficient (Wildman–Crippen LogP) is 4.31. The topological polar surface area (TPSA) is 69.4 Å². The maximum Gasteiger partial charge on any atom is 0.175 e. The molecule has 0 fully saturated rings. The van der Waals surface area contributed by atoms with Gasteiger partial charge in [-0.15, -0.1) is 0 Å². The molecule has 2 aromatic carbocycles. The maximum absolute atomic E-state index is 11.6. The summed E-state index contributed by atoms with van der Waals surface area (Å²) in [5.74, 6) is 1.29. The van der Waals surface area contributed by atoms with Crippen LogP contribution in [0.1, 0.15) is 17.0 Å². The number of benzene rings is 2. The summed E-state index contributed by atoms with van der Waals surface area (Å²) in [5, 5.41) is 4.69. The predicted molar refractivity (Wildman–Crippen MR) is 101 cm³/mol. The van der Waals surface area contributed by atoms with E-state index in [1.807, 2.05) is 25.1 Å². The zero-order valence-corrected chi connectivity index (χ0v) is 16.2. The number of ether oxygens (including phenoxy) is 1. The summed E-state index contributed by atoms with van der Waals surface area (Å²) < 4.78 is 33.8. The number of sulfone groups is 1. The average Bonchev–Trinajstić information content (AvgIpc) is 2.95. The molecule has 26 heavy (non-hydrogen) atoms. The first-order valence-corrected chi connectivity index (χ1v) is 10.1. The van der Waals surface area contributed by atoms with E-state index in [-0.39, 0.29) is 4.90 Å². The fourth-order valence-corrected chi connectivity index (χ4v) is 3.70. The second-order valence-electron chi connectivity index (χ2n) is 6.00. The van der Waals surface area contributed by atoms with E-state index >= 15 is 0 Å². The van der Waals surface area contributed by atoms with Gasteiger partial charge in [-0.25, -0.2) is 8.42 Å². The molecule has 0 amide bonds. The minimum atomic E-state index is -3.23. The van der Waals surface area contributed by atoms with E-state index in [9.17, 15) is 8.42 Å². The van der Waals surface area contributed by atoms with Crippen molar-refractivity contribution in [1.82, 2.24) is 5.16 Å². The van der Waals surface area contributed by atoms with Crippen molar-refractivity contribution in [3.8, 4) is 16.9 Å². The quantitative estimate of drug-likeness (QED) is 0.648. The molecule has 0 atom stereocenters. The van der Waals surface area contributed by atoms with Crippen molar-refractivity contribution in [2.45, 2.75) is 18.2 Å². The summed E-state index contributed by atoms with van der Waals surface area (Å²) in [7, 11) is -1.66. The Kier molecular flexibility index (Phi) is 5.07. The summed E-state index contributed by atoms with van der Waals surface area (Å²) >= 11 is 6.19. The smallest absolute Gasteiger partial charge is 0.175 e. The molecule has 136 valence electrons. The van der Waals surface area contributed by atoms with Crippen LogP contribution < -0.4 is 4.74 Å². The summed E-state index contributed by atoms with van der Waals surface area (Å²) in [6, 6.07) is 12.3. The third kappa shape index (κ3) is 3.76. The lowest BCUT2D eigenvalue weighted by Gasteiger charge is -2.07. The highest BCUT2D eigenvalue weighted by molar-refractivity contribution is 7.90. The number of rotatable bonds is 5. The van der Waals surface area contributed by atoms with Crippen LogP contribution in [0.3, 0.4) is 0 Å². The van der Waals surface area contributed by atoms with Gasteiger partial charge in [0.15, 0.2) is 9.84 Å². The minimum Gasteiger partial charge on any atom is -0.495 e. The van der Waals surface area contributed by atoms with E-state index in [1.54, 1.807) is 31.4 Å². The molecule has 0 aliphatic heterocycles. The molecule has 3 aromatic rings. The van der Waals surface area contributed by atoms with Crippen LogP contribution in [-0.4, -0.2) is 26.9 Å². The van der Waals surface area contributed by atoms with Gasteiger partial charge in [-0.3, -0.25) is 0 Å². The second kappa shape index (κ2) is 7.13. The average molecular weight is 392 g/mol. The van der Waals surface area contributed by atoms with Crippen LogP contribution >= 0.6 is 11.6 Å². The van der Waals surface area contributed by atoms with Gasteiger partial charge in [0.2, 0.25) is 0 Å². The molecule has 1 heterocycles. The Balaban J connectivity index is 1.95. The lowest BCUT2D eigenvalue weighted by Crippen LogP contribution is -1.97. The van der Waals surface area contributed by atoms with Crippen molar-refractivity contribution in [3.63, 3.8) is 0 Å². The van der Waals surface area contributed by atoms with Crippen LogP contribution in [0.25, 0.3) is 11.1 Å². The van der Waals surface area contributed by atoms with E-state index < -0.39 is 9.84 Å². The lowest BCUT2D eigenvalue weighted by molar-refractivity contribution is 0.392. The fraction of sp³-hybridized carbons (Fsp3) is 0.211. The van der Waals surface area contributed by atoms with Gasteiger partial charge in [-0.2, -0.15) is 0 Å². The monoisotopic (exact) mass is 391 g/mol. The first-order valence-electron chi connectivity index (χ1n) is 7.87. The summed E-state index contributed by atoms with van der Waals surface area (Å²) in [5.41, 5.74) is 3.44. The number of hydrogen-bond acceptors (Lipinski definition) is 5. The number of halogens is 1. The first kappa shape index (κ1) is 18.5. The SMILES string of the molecule is COc1ccc(Cc2noc(C)c2-c2ccc(S(C)(=O)=O)cc2)cc1Cl. The van der Waals surface area contributed by atoms with Gasteiger partial charge in [-0.1, -0.05) is 35.0 Å². The summed E-state index contributed by atoms with van der Waals surface area (Å²) in [6.07, 6.45) is 1.72. The molecular weight excluding hydrogens is 374 g/mol. The van der Waals surface area contributed by atoms with Crippen molar-refractivity contribution in [3.05, 3.63) is 64.5 Å². The van der Waals surface area contributed by atoms with Gasteiger partial charge in [0.05, 0.1) is 22.7 Å². The highest BCUT2D eigenvalue weighted by Crippen LogP contribution is 2.31. The largest absolute Gasteiger partial charge is 0.495 e. The fourth-order valence-electron chi connectivity index (χ4n) is 2.79. The molecule has 0 aliphatic rings. The van der Waals surface area contributed by atoms with Gasteiger partial charge in [0, 0.05) is 18.2 Å². The third-order valence-electron chi connectivity index (χ3n) is 4.09. The molecule has 0 bridgehead atoms. The van der Waals surface area contributed by atoms with Crippen molar-refractivity contribution in [2.24, 2.45) is 0 Å². The molecule has 0 saturated carbocycles. The molecule has 0 N–H and O–H groups in total. The molecule has 3 rings (SSSR count). The minimum absolute atomic E-state index is 0.277. The van der Waals surface area contributed by atoms with Crippen molar-refractivity contribution in [1.29, 1.82) is 0 Å². The number of aryl methyl sites for hydroxylation is 1. The van der Waals surface area contributed by atoms with Crippen molar-refractivity contribution in [2.75, 3.05) is 13.4 Å². The molecule has 1 aromatic heterocycles. The van der Waals surface area contributed by atoms with Crippen LogP contribution in [0, 0.1) is 6.92 Å². The number of nitrogens with zero attached hydrogens (tertiary/aromatic N) is 1. The Bertz CT molecular complexity index is 1040. The van der Waals surface area contributed by atoms with Crippen LogP contribution in [0.4, 0.5) is 0 Å². The Labute approximate surface area is 157 Å². The molecule has 0 aliphatic carbocycles. The third-order valence-corrected chi connectivity index (χ3v) is 5.52. The van der Waals surface area contributed by atoms with Gasteiger partial charge in [-0.05, 0) is 42.3 Å². The Hall–Kier alpha value is -2.31. The van der Waals surface area contributed by atoms with Crippen molar-refractivity contribution < 1.29 is 17.7 Å². The normalized spacial score (nSPS) is 11.5. The molecule has 0 radical (unpaired) electrons. The van der Waals surface area contributed by atoms with Crippen LogP contribution in [0.15, 0.2) is 51.9 Å². The van der Waals surface area contributed by atoms with Crippen molar-refractivity contribution >= 4 is 21.4 Å². The van der Waals surface area contributed by atoms with Gasteiger partial charge >= 0.3 is 0 Å². The number of methoxy groups -OCH3 is 1. The van der Waals surface area contributed by atoms with E-state index in [0.717, 1.165) is 22.4 Å². The zero-order valence-electron chi connectivity index (χ0n) is 14.6. The van der Waals surface area contributed by atoms with Gasteiger partial charge in [0.1, 0.15) is 11.5 Å². The molecule has 0 spiro atoms. The number of aromatic nitrogens is 1. The summed E-state index contributed by atoms with van der Waals surface area (Å²) in [4.78, 5) is 0.277. The Morgan fingerprint density at radius 2 is 1.85 bits per heavy atom. The highest BCUT2D eigenvalue weighted by Gasteiger charge is 2.17. The van der Waals surface area contributed by atoms with E-state index in [4.69, 9.17) is 20.9 Å². The van der Waals surface area contributed by atoms with Gasteiger partial charge in [0.25, 0.3) is 0 Å².